The quantitative estimate of drug-likeness (QED) is 0.780. The maximum absolute atomic E-state index is 9.07. The molecule has 1 heterocycles. The molecule has 1 aliphatic carbocycles. The van der Waals surface area contributed by atoms with E-state index in [1.54, 1.807) is 0 Å². The zero-order valence-electron chi connectivity index (χ0n) is 10.4. The van der Waals surface area contributed by atoms with Crippen molar-refractivity contribution in [1.82, 2.24) is 14.9 Å². The summed E-state index contributed by atoms with van der Waals surface area (Å²) in [7, 11) is 0. The molecule has 0 amide bonds. The summed E-state index contributed by atoms with van der Waals surface area (Å²) < 4.78 is 2.17. The number of rotatable bonds is 7. The van der Waals surface area contributed by atoms with Crippen LogP contribution in [0.1, 0.15) is 38.4 Å². The minimum Gasteiger partial charge on any atom is -0.335 e. The van der Waals surface area contributed by atoms with Gasteiger partial charge in [0.15, 0.2) is 0 Å². The molecular weight excluding hydrogens is 212 g/mol. The summed E-state index contributed by atoms with van der Waals surface area (Å²) >= 11 is 0. The number of aromatic nitrogens is 2. The smallest absolute Gasteiger partial charge is 0.108 e. The molecule has 1 N–H and O–H groups in total. The molecular formula is C13H20N4. The van der Waals surface area contributed by atoms with E-state index in [9.17, 15) is 0 Å². The third-order valence-electron chi connectivity index (χ3n) is 3.10. The van der Waals surface area contributed by atoms with Crippen molar-refractivity contribution in [3.63, 3.8) is 0 Å². The number of nitrogens with zero attached hydrogens (tertiary/aromatic N) is 3. The van der Waals surface area contributed by atoms with Crippen molar-refractivity contribution in [2.75, 3.05) is 0 Å². The zero-order chi connectivity index (χ0) is 12.1. The monoisotopic (exact) mass is 232 g/mol. The standard InChI is InChI=1S/C13H20N4/c1-2-3-13-15-7-9-17(13)8-6-12(10-14)16-11-4-5-11/h7,9,11-12,16H,2-6,8H2,1H3. The Balaban J connectivity index is 1.82. The highest BCUT2D eigenvalue weighted by Crippen LogP contribution is 2.20. The summed E-state index contributed by atoms with van der Waals surface area (Å²) in [5.74, 6) is 1.13. The Morgan fingerprint density at radius 3 is 3.12 bits per heavy atom. The van der Waals surface area contributed by atoms with E-state index in [-0.39, 0.29) is 6.04 Å². The second-order valence-corrected chi connectivity index (χ2v) is 4.70. The van der Waals surface area contributed by atoms with Crippen LogP contribution in [0.5, 0.6) is 0 Å². The van der Waals surface area contributed by atoms with E-state index in [0.717, 1.165) is 31.6 Å². The molecule has 0 aliphatic heterocycles. The molecule has 4 heteroatoms. The largest absolute Gasteiger partial charge is 0.335 e. The molecule has 1 aromatic heterocycles. The molecule has 1 unspecified atom stereocenters. The normalized spacial score (nSPS) is 16.7. The highest BCUT2D eigenvalue weighted by Gasteiger charge is 2.24. The predicted octanol–water partition coefficient (Wildman–Crippen LogP) is 1.87. The van der Waals surface area contributed by atoms with E-state index in [4.69, 9.17) is 5.26 Å². The van der Waals surface area contributed by atoms with Crippen LogP contribution in [0.2, 0.25) is 0 Å². The maximum Gasteiger partial charge on any atom is 0.108 e. The summed E-state index contributed by atoms with van der Waals surface area (Å²) in [4.78, 5) is 4.34. The first-order valence-electron chi connectivity index (χ1n) is 6.49. The Hall–Kier alpha value is -1.34. The fourth-order valence-electron chi connectivity index (χ4n) is 1.98. The summed E-state index contributed by atoms with van der Waals surface area (Å²) in [6.07, 6.45) is 9.30. The van der Waals surface area contributed by atoms with E-state index in [1.807, 2.05) is 12.4 Å². The molecule has 1 aliphatic rings. The van der Waals surface area contributed by atoms with Gasteiger partial charge in [-0.1, -0.05) is 6.92 Å². The predicted molar refractivity (Wildman–Crippen MR) is 66.4 cm³/mol. The van der Waals surface area contributed by atoms with Gasteiger partial charge in [0.05, 0.1) is 12.1 Å². The number of hydrogen-bond donors (Lipinski definition) is 1. The van der Waals surface area contributed by atoms with Crippen molar-refractivity contribution in [1.29, 1.82) is 5.26 Å². The van der Waals surface area contributed by atoms with E-state index >= 15 is 0 Å². The van der Waals surface area contributed by atoms with Crippen molar-refractivity contribution in [3.8, 4) is 6.07 Å². The van der Waals surface area contributed by atoms with E-state index < -0.39 is 0 Å². The van der Waals surface area contributed by atoms with Gasteiger partial charge in [0.2, 0.25) is 0 Å². The van der Waals surface area contributed by atoms with Crippen LogP contribution in [-0.4, -0.2) is 21.6 Å². The molecule has 4 nitrogen and oxygen atoms in total. The molecule has 2 rings (SSSR count). The van der Waals surface area contributed by atoms with Crippen LogP contribution in [0.3, 0.4) is 0 Å². The van der Waals surface area contributed by atoms with Crippen LogP contribution in [-0.2, 0) is 13.0 Å². The third-order valence-corrected chi connectivity index (χ3v) is 3.10. The van der Waals surface area contributed by atoms with Gasteiger partial charge in [0.25, 0.3) is 0 Å². The Morgan fingerprint density at radius 1 is 1.65 bits per heavy atom. The van der Waals surface area contributed by atoms with Gasteiger partial charge >= 0.3 is 0 Å². The topological polar surface area (TPSA) is 53.6 Å². The average Bonchev–Trinajstić information content (AvgIpc) is 3.05. The van der Waals surface area contributed by atoms with E-state index in [1.165, 1.54) is 12.8 Å². The van der Waals surface area contributed by atoms with Gasteiger partial charge in [0, 0.05) is 31.4 Å². The first-order chi connectivity index (χ1) is 8.33. The Bertz CT molecular complexity index is 386. The lowest BCUT2D eigenvalue weighted by atomic mass is 10.2. The first kappa shape index (κ1) is 12.1. The maximum atomic E-state index is 9.07. The van der Waals surface area contributed by atoms with Crippen molar-refractivity contribution in [3.05, 3.63) is 18.2 Å². The zero-order valence-corrected chi connectivity index (χ0v) is 10.4. The number of nitrogens with one attached hydrogen (secondary N) is 1. The van der Waals surface area contributed by atoms with Crippen molar-refractivity contribution >= 4 is 0 Å². The summed E-state index contributed by atoms with van der Waals surface area (Å²) in [5.41, 5.74) is 0. The summed E-state index contributed by atoms with van der Waals surface area (Å²) in [6, 6.07) is 2.92. The molecule has 1 atom stereocenters. The lowest BCUT2D eigenvalue weighted by Crippen LogP contribution is -2.30. The van der Waals surface area contributed by atoms with Gasteiger partial charge in [0.1, 0.15) is 5.82 Å². The summed E-state index contributed by atoms with van der Waals surface area (Å²) in [6.45, 7) is 3.04. The van der Waals surface area contributed by atoms with Crippen LogP contribution in [0.15, 0.2) is 12.4 Å². The third kappa shape index (κ3) is 3.57. The van der Waals surface area contributed by atoms with Gasteiger partial charge in [-0.25, -0.2) is 4.98 Å². The van der Waals surface area contributed by atoms with Crippen molar-refractivity contribution in [2.24, 2.45) is 0 Å². The second kappa shape index (κ2) is 5.83. The minimum atomic E-state index is -0.0145. The van der Waals surface area contributed by atoms with Gasteiger partial charge in [-0.2, -0.15) is 5.26 Å². The van der Waals surface area contributed by atoms with Gasteiger partial charge in [-0.3, -0.25) is 5.32 Å². The molecule has 1 aromatic rings. The Morgan fingerprint density at radius 2 is 2.47 bits per heavy atom. The minimum absolute atomic E-state index is 0.0145. The molecule has 0 saturated heterocycles. The van der Waals surface area contributed by atoms with E-state index in [0.29, 0.717) is 6.04 Å². The lowest BCUT2D eigenvalue weighted by molar-refractivity contribution is 0.505. The van der Waals surface area contributed by atoms with E-state index in [2.05, 4.69) is 27.9 Å². The molecule has 17 heavy (non-hydrogen) atoms. The van der Waals surface area contributed by atoms with Gasteiger partial charge in [-0.05, 0) is 25.7 Å². The van der Waals surface area contributed by atoms with Gasteiger partial charge < -0.3 is 4.57 Å². The fourth-order valence-corrected chi connectivity index (χ4v) is 1.98. The SMILES string of the molecule is CCCc1nccn1CCC(C#N)NC1CC1. The van der Waals surface area contributed by atoms with Crippen LogP contribution < -0.4 is 5.32 Å². The lowest BCUT2D eigenvalue weighted by Gasteiger charge is -2.12. The van der Waals surface area contributed by atoms with Crippen molar-refractivity contribution in [2.45, 2.75) is 57.7 Å². The Kier molecular flexibility index (Phi) is 4.16. The Labute approximate surface area is 103 Å². The van der Waals surface area contributed by atoms with Crippen LogP contribution in [0.4, 0.5) is 0 Å². The van der Waals surface area contributed by atoms with Crippen LogP contribution in [0.25, 0.3) is 0 Å². The van der Waals surface area contributed by atoms with Crippen molar-refractivity contribution < 1.29 is 0 Å². The number of aryl methyl sites for hydroxylation is 2. The molecule has 1 saturated carbocycles. The van der Waals surface area contributed by atoms with Crippen LogP contribution in [0, 0.1) is 11.3 Å². The molecule has 0 spiro atoms. The van der Waals surface area contributed by atoms with Gasteiger partial charge in [-0.15, -0.1) is 0 Å². The number of imidazole rings is 1. The average molecular weight is 232 g/mol. The number of hydrogen-bond acceptors (Lipinski definition) is 3. The highest BCUT2D eigenvalue weighted by molar-refractivity contribution is 4.97. The molecule has 0 aromatic carbocycles. The van der Waals surface area contributed by atoms with Crippen LogP contribution >= 0.6 is 0 Å². The molecule has 0 radical (unpaired) electrons. The highest BCUT2D eigenvalue weighted by atomic mass is 15.1. The molecule has 92 valence electrons. The summed E-state index contributed by atoms with van der Waals surface area (Å²) in [5, 5.41) is 12.4. The molecule has 1 fully saturated rings. The second-order valence-electron chi connectivity index (χ2n) is 4.70. The fraction of sp³-hybridized carbons (Fsp3) is 0.692. The molecule has 0 bridgehead atoms. The number of nitriles is 1. The first-order valence-corrected chi connectivity index (χ1v) is 6.49.